The van der Waals surface area contributed by atoms with Crippen molar-refractivity contribution in [2.24, 2.45) is 5.73 Å². The number of nitrogens with one attached hydrogen (secondary N) is 1. The highest BCUT2D eigenvalue weighted by Gasteiger charge is 2.21. The summed E-state index contributed by atoms with van der Waals surface area (Å²) in [5, 5.41) is 6.70. The number of nitrogen functional groups attached to an aromatic ring is 1. The molecular weight excluding hydrogens is 343 g/mol. The maximum absolute atomic E-state index is 13.1. The number of hydrogen-bond acceptors (Lipinski definition) is 4. The Kier molecular flexibility index (Phi) is 5.90. The van der Waals surface area contributed by atoms with Crippen molar-refractivity contribution in [1.29, 1.82) is 0 Å². The number of benzene rings is 2. The Bertz CT molecular complexity index is 877. The van der Waals surface area contributed by atoms with Crippen molar-refractivity contribution in [3.63, 3.8) is 0 Å². The fraction of sp³-hybridized carbons (Fsp3) is 0.111. The number of H-pyrrole nitrogens is 1. The summed E-state index contributed by atoms with van der Waals surface area (Å²) >= 11 is 0. The van der Waals surface area contributed by atoms with Gasteiger partial charge >= 0.3 is 0 Å². The molecular formula is C18H18ClFN4O. The second-order valence-electron chi connectivity index (χ2n) is 5.43. The van der Waals surface area contributed by atoms with Gasteiger partial charge in [0.1, 0.15) is 5.82 Å². The molecule has 1 heterocycles. The number of nitrogens with two attached hydrogens (primary N) is 2. The molecule has 3 rings (SSSR count). The topological polar surface area (TPSA) is 97.8 Å². The SMILES string of the molecule is Cl.NCCc1cccc(C(=O)c2c(N)n[nH]c2-c2ccc(F)cc2)c1. The fourth-order valence-corrected chi connectivity index (χ4v) is 2.59. The Balaban J connectivity index is 0.00000225. The van der Waals surface area contributed by atoms with Crippen LogP contribution in [0.4, 0.5) is 10.2 Å². The summed E-state index contributed by atoms with van der Waals surface area (Å²) in [4.78, 5) is 12.9. The van der Waals surface area contributed by atoms with Crippen molar-refractivity contribution >= 4 is 24.0 Å². The van der Waals surface area contributed by atoms with E-state index in [0.717, 1.165) is 5.56 Å². The highest BCUT2D eigenvalue weighted by atomic mass is 35.5. The molecule has 5 nitrogen and oxygen atoms in total. The summed E-state index contributed by atoms with van der Waals surface area (Å²) < 4.78 is 13.1. The van der Waals surface area contributed by atoms with Crippen LogP contribution in [0.15, 0.2) is 48.5 Å². The van der Waals surface area contributed by atoms with Gasteiger partial charge in [0.15, 0.2) is 11.6 Å². The number of rotatable bonds is 5. The van der Waals surface area contributed by atoms with Crippen molar-refractivity contribution in [2.75, 3.05) is 12.3 Å². The molecule has 25 heavy (non-hydrogen) atoms. The number of anilines is 1. The van der Waals surface area contributed by atoms with Crippen LogP contribution in [0.1, 0.15) is 21.5 Å². The highest BCUT2D eigenvalue weighted by molar-refractivity contribution is 6.15. The minimum atomic E-state index is -0.353. The Hall–Kier alpha value is -2.70. The molecule has 5 N–H and O–H groups in total. The van der Waals surface area contributed by atoms with Crippen LogP contribution in [0.2, 0.25) is 0 Å². The van der Waals surface area contributed by atoms with E-state index in [9.17, 15) is 9.18 Å². The van der Waals surface area contributed by atoms with Gasteiger partial charge in [-0.05, 0) is 48.9 Å². The van der Waals surface area contributed by atoms with Gasteiger partial charge in [0, 0.05) is 11.1 Å². The van der Waals surface area contributed by atoms with Gasteiger partial charge in [-0.25, -0.2) is 4.39 Å². The lowest BCUT2D eigenvalue weighted by Crippen LogP contribution is -2.07. The average Bonchev–Trinajstić information content (AvgIpc) is 2.97. The summed E-state index contributed by atoms with van der Waals surface area (Å²) in [5.74, 6) is -0.475. The minimum absolute atomic E-state index is 0. The van der Waals surface area contributed by atoms with Crippen molar-refractivity contribution in [3.8, 4) is 11.3 Å². The Labute approximate surface area is 150 Å². The minimum Gasteiger partial charge on any atom is -0.382 e. The van der Waals surface area contributed by atoms with Crippen LogP contribution in [-0.4, -0.2) is 22.5 Å². The van der Waals surface area contributed by atoms with E-state index in [4.69, 9.17) is 11.5 Å². The van der Waals surface area contributed by atoms with Crippen LogP contribution in [0, 0.1) is 5.82 Å². The van der Waals surface area contributed by atoms with Crippen molar-refractivity contribution in [3.05, 3.63) is 71.0 Å². The first-order valence-corrected chi connectivity index (χ1v) is 7.53. The molecule has 0 aliphatic carbocycles. The highest BCUT2D eigenvalue weighted by Crippen LogP contribution is 2.28. The number of aromatic amines is 1. The van der Waals surface area contributed by atoms with Gasteiger partial charge in [-0.2, -0.15) is 5.10 Å². The molecule has 0 amide bonds. The molecule has 0 aliphatic rings. The standard InChI is InChI=1S/C18H17FN4O.ClH/c19-14-6-4-12(5-7-14)16-15(18(21)23-22-16)17(24)13-3-1-2-11(10-13)8-9-20;/h1-7,10H,8-9,20H2,(H3,21,22,23);1H. The van der Waals surface area contributed by atoms with Crippen LogP contribution in [0.5, 0.6) is 0 Å². The maximum atomic E-state index is 13.1. The number of carbonyl (C=O) groups is 1. The number of nitrogens with zero attached hydrogens (tertiary/aromatic N) is 1. The third-order valence-electron chi connectivity index (χ3n) is 3.78. The van der Waals surface area contributed by atoms with Crippen molar-refractivity contribution < 1.29 is 9.18 Å². The van der Waals surface area contributed by atoms with Crippen molar-refractivity contribution in [2.45, 2.75) is 6.42 Å². The van der Waals surface area contributed by atoms with E-state index >= 15 is 0 Å². The molecule has 0 unspecified atom stereocenters. The fourth-order valence-electron chi connectivity index (χ4n) is 2.59. The maximum Gasteiger partial charge on any atom is 0.198 e. The molecule has 3 aromatic rings. The summed E-state index contributed by atoms with van der Waals surface area (Å²) in [6.45, 7) is 0.506. The van der Waals surface area contributed by atoms with E-state index in [2.05, 4.69) is 10.2 Å². The molecule has 0 fully saturated rings. The van der Waals surface area contributed by atoms with Gasteiger partial charge in [-0.1, -0.05) is 18.2 Å². The molecule has 7 heteroatoms. The Morgan fingerprint density at radius 1 is 1.16 bits per heavy atom. The molecule has 0 saturated carbocycles. The first-order chi connectivity index (χ1) is 11.6. The number of ketones is 1. The van der Waals surface area contributed by atoms with E-state index in [1.807, 2.05) is 12.1 Å². The van der Waals surface area contributed by atoms with Gasteiger partial charge in [0.2, 0.25) is 0 Å². The summed E-state index contributed by atoms with van der Waals surface area (Å²) in [7, 11) is 0. The lowest BCUT2D eigenvalue weighted by atomic mass is 9.97. The predicted octanol–water partition coefficient (Wildman–Crippen LogP) is 2.95. The average molecular weight is 361 g/mol. The molecule has 1 aromatic heterocycles. The van der Waals surface area contributed by atoms with Gasteiger partial charge in [-0.3, -0.25) is 9.89 Å². The smallest absolute Gasteiger partial charge is 0.198 e. The summed E-state index contributed by atoms with van der Waals surface area (Å²) in [6, 6.07) is 13.0. The van der Waals surface area contributed by atoms with Crippen LogP contribution in [0.25, 0.3) is 11.3 Å². The lowest BCUT2D eigenvalue weighted by Gasteiger charge is -2.06. The molecule has 0 saturated heterocycles. The van der Waals surface area contributed by atoms with E-state index in [1.165, 1.54) is 12.1 Å². The number of aromatic nitrogens is 2. The van der Waals surface area contributed by atoms with E-state index in [-0.39, 0.29) is 35.4 Å². The second-order valence-corrected chi connectivity index (χ2v) is 5.43. The number of halogens is 2. The predicted molar refractivity (Wildman–Crippen MR) is 98.3 cm³/mol. The zero-order valence-electron chi connectivity index (χ0n) is 13.3. The lowest BCUT2D eigenvalue weighted by molar-refractivity contribution is 0.104. The van der Waals surface area contributed by atoms with E-state index in [1.54, 1.807) is 24.3 Å². The third-order valence-corrected chi connectivity index (χ3v) is 3.78. The molecule has 0 atom stereocenters. The van der Waals surface area contributed by atoms with Crippen LogP contribution in [-0.2, 0) is 6.42 Å². The van der Waals surface area contributed by atoms with Gasteiger partial charge in [0.25, 0.3) is 0 Å². The molecule has 2 aromatic carbocycles. The van der Waals surface area contributed by atoms with Gasteiger partial charge in [-0.15, -0.1) is 12.4 Å². The summed E-state index contributed by atoms with van der Waals surface area (Å²) in [6.07, 6.45) is 0.687. The van der Waals surface area contributed by atoms with Crippen LogP contribution < -0.4 is 11.5 Å². The summed E-state index contributed by atoms with van der Waals surface area (Å²) in [5.41, 5.74) is 14.3. The first-order valence-electron chi connectivity index (χ1n) is 7.53. The van der Waals surface area contributed by atoms with Crippen molar-refractivity contribution in [1.82, 2.24) is 10.2 Å². The first kappa shape index (κ1) is 18.6. The van der Waals surface area contributed by atoms with E-state index < -0.39 is 0 Å². The molecule has 0 spiro atoms. The Morgan fingerprint density at radius 2 is 1.88 bits per heavy atom. The van der Waals surface area contributed by atoms with Crippen LogP contribution in [0.3, 0.4) is 0 Å². The van der Waals surface area contributed by atoms with E-state index in [0.29, 0.717) is 29.8 Å². The number of hydrogen-bond donors (Lipinski definition) is 3. The second kappa shape index (κ2) is 7.92. The largest absolute Gasteiger partial charge is 0.382 e. The zero-order chi connectivity index (χ0) is 17.1. The molecule has 0 bridgehead atoms. The zero-order valence-corrected chi connectivity index (χ0v) is 14.1. The van der Waals surface area contributed by atoms with Crippen LogP contribution >= 0.6 is 12.4 Å². The number of carbonyl (C=O) groups excluding carboxylic acids is 1. The van der Waals surface area contributed by atoms with Gasteiger partial charge in [0.05, 0.1) is 11.3 Å². The van der Waals surface area contributed by atoms with Gasteiger partial charge < -0.3 is 11.5 Å². The quantitative estimate of drug-likeness (QED) is 0.609. The third kappa shape index (κ3) is 3.87. The molecule has 0 aliphatic heterocycles. The monoisotopic (exact) mass is 360 g/mol. The normalized spacial score (nSPS) is 10.3. The molecule has 0 radical (unpaired) electrons. The Morgan fingerprint density at radius 3 is 2.56 bits per heavy atom. The molecule has 130 valence electrons.